The van der Waals surface area contributed by atoms with E-state index in [1.807, 2.05) is 7.05 Å². The molecule has 0 fully saturated rings. The van der Waals surface area contributed by atoms with Crippen molar-refractivity contribution in [2.24, 2.45) is 5.41 Å². The van der Waals surface area contributed by atoms with Crippen LogP contribution >= 0.6 is 0 Å². The normalized spacial score (nSPS) is 11.1. The maximum atomic E-state index is 11.0. The molecule has 0 heterocycles. The summed E-state index contributed by atoms with van der Waals surface area (Å²) >= 11 is 0. The van der Waals surface area contributed by atoms with E-state index >= 15 is 0 Å². The van der Waals surface area contributed by atoms with Crippen LogP contribution in [0.25, 0.3) is 0 Å². The van der Waals surface area contributed by atoms with E-state index in [1.54, 1.807) is 0 Å². The highest BCUT2D eigenvalue weighted by molar-refractivity contribution is 5.67. The molecule has 0 aromatic carbocycles. The van der Waals surface area contributed by atoms with Crippen LogP contribution in [-0.4, -0.2) is 32.8 Å². The van der Waals surface area contributed by atoms with Crippen molar-refractivity contribution in [3.8, 4) is 0 Å². The predicted molar refractivity (Wildman–Crippen MR) is 52.7 cm³/mol. The second kappa shape index (κ2) is 5.80. The zero-order valence-electron chi connectivity index (χ0n) is 8.94. The van der Waals surface area contributed by atoms with Gasteiger partial charge >= 0.3 is 6.09 Å². The van der Waals surface area contributed by atoms with Crippen LogP contribution < -0.4 is 10.6 Å². The number of nitrogens with one attached hydrogen (secondary N) is 2. The fourth-order valence-electron chi connectivity index (χ4n) is 0.634. The third kappa shape index (κ3) is 9.14. The smallest absolute Gasteiger partial charge is 0.407 e. The van der Waals surface area contributed by atoms with Crippen molar-refractivity contribution in [2.75, 3.05) is 26.7 Å². The van der Waals surface area contributed by atoms with E-state index in [1.165, 1.54) is 0 Å². The minimum absolute atomic E-state index is 0.0992. The van der Waals surface area contributed by atoms with Crippen LogP contribution in [0, 0.1) is 5.41 Å². The number of rotatable bonds is 4. The molecule has 0 aliphatic carbocycles. The number of carbonyl (C=O) groups is 1. The Morgan fingerprint density at radius 3 is 2.46 bits per heavy atom. The van der Waals surface area contributed by atoms with Gasteiger partial charge in [-0.15, -0.1) is 0 Å². The molecule has 78 valence electrons. The van der Waals surface area contributed by atoms with Gasteiger partial charge in [-0.25, -0.2) is 4.79 Å². The summed E-state index contributed by atoms with van der Waals surface area (Å²) in [6.45, 7) is 7.89. The number of alkyl carbamates (subject to hydrolysis) is 1. The molecule has 4 heteroatoms. The topological polar surface area (TPSA) is 50.4 Å². The van der Waals surface area contributed by atoms with Gasteiger partial charge in [-0.1, -0.05) is 20.8 Å². The van der Waals surface area contributed by atoms with Crippen molar-refractivity contribution in [1.82, 2.24) is 10.6 Å². The third-order valence-electron chi connectivity index (χ3n) is 1.35. The molecule has 2 N–H and O–H groups in total. The molecule has 0 aromatic heterocycles. The fraction of sp³-hybridized carbons (Fsp3) is 0.889. The zero-order valence-corrected chi connectivity index (χ0v) is 8.94. The summed E-state index contributed by atoms with van der Waals surface area (Å²) in [7, 11) is 1.82. The van der Waals surface area contributed by atoms with Crippen molar-refractivity contribution in [2.45, 2.75) is 20.8 Å². The quantitative estimate of drug-likeness (QED) is 0.646. The fourth-order valence-corrected chi connectivity index (χ4v) is 0.634. The second-order valence-electron chi connectivity index (χ2n) is 4.15. The molecule has 0 aliphatic rings. The van der Waals surface area contributed by atoms with Gasteiger partial charge in [0, 0.05) is 13.1 Å². The summed E-state index contributed by atoms with van der Waals surface area (Å²) in [5.41, 5.74) is 0.0992. The lowest BCUT2D eigenvalue weighted by atomic mass is 9.97. The van der Waals surface area contributed by atoms with Gasteiger partial charge in [0.25, 0.3) is 0 Å². The van der Waals surface area contributed by atoms with Crippen LogP contribution in [0.4, 0.5) is 4.79 Å². The zero-order chi connectivity index (χ0) is 10.3. The molecule has 0 atom stereocenters. The first-order valence-corrected chi connectivity index (χ1v) is 4.51. The Kier molecular flexibility index (Phi) is 5.46. The summed E-state index contributed by atoms with van der Waals surface area (Å²) in [6, 6.07) is 0. The molecule has 0 aromatic rings. The highest BCUT2D eigenvalue weighted by Gasteiger charge is 2.11. The van der Waals surface area contributed by atoms with Crippen LogP contribution in [0.5, 0.6) is 0 Å². The van der Waals surface area contributed by atoms with Crippen molar-refractivity contribution >= 4 is 6.09 Å². The first-order valence-electron chi connectivity index (χ1n) is 4.51. The van der Waals surface area contributed by atoms with Crippen molar-refractivity contribution in [3.63, 3.8) is 0 Å². The summed E-state index contributed by atoms with van der Waals surface area (Å²) < 4.78 is 4.87. The highest BCUT2D eigenvalue weighted by Crippen LogP contribution is 2.09. The Morgan fingerprint density at radius 2 is 2.00 bits per heavy atom. The van der Waals surface area contributed by atoms with E-state index < -0.39 is 0 Å². The Hall–Kier alpha value is -0.770. The minimum atomic E-state index is -0.342. The van der Waals surface area contributed by atoms with Crippen molar-refractivity contribution in [1.29, 1.82) is 0 Å². The Morgan fingerprint density at radius 1 is 1.38 bits per heavy atom. The maximum Gasteiger partial charge on any atom is 0.407 e. The number of hydrogen-bond acceptors (Lipinski definition) is 3. The number of amides is 1. The number of carbonyl (C=O) groups excluding carboxylic acids is 1. The number of hydrogen-bond donors (Lipinski definition) is 2. The predicted octanol–water partition coefficient (Wildman–Crippen LogP) is 0.978. The maximum absolute atomic E-state index is 11.0. The van der Waals surface area contributed by atoms with Gasteiger partial charge in [-0.05, 0) is 12.5 Å². The van der Waals surface area contributed by atoms with E-state index in [0.717, 1.165) is 0 Å². The molecule has 13 heavy (non-hydrogen) atoms. The van der Waals surface area contributed by atoms with Gasteiger partial charge in [0.15, 0.2) is 0 Å². The van der Waals surface area contributed by atoms with Gasteiger partial charge in [0.2, 0.25) is 0 Å². The van der Waals surface area contributed by atoms with Crippen LogP contribution in [0.3, 0.4) is 0 Å². The lowest BCUT2D eigenvalue weighted by Crippen LogP contribution is -2.33. The Labute approximate surface area is 80.0 Å². The van der Waals surface area contributed by atoms with Crippen molar-refractivity contribution in [3.05, 3.63) is 0 Å². The lowest BCUT2D eigenvalue weighted by molar-refractivity contribution is 0.143. The van der Waals surface area contributed by atoms with Crippen LogP contribution in [0.15, 0.2) is 0 Å². The van der Waals surface area contributed by atoms with E-state index in [-0.39, 0.29) is 11.5 Å². The minimum Gasteiger partial charge on any atom is -0.448 e. The van der Waals surface area contributed by atoms with Gasteiger partial charge in [0.05, 0.1) is 0 Å². The largest absolute Gasteiger partial charge is 0.448 e. The van der Waals surface area contributed by atoms with Crippen LogP contribution in [-0.2, 0) is 4.74 Å². The van der Waals surface area contributed by atoms with Gasteiger partial charge in [-0.2, -0.15) is 0 Å². The standard InChI is InChI=1S/C9H20N2O2/c1-9(2,3)7-11-8(12)13-6-5-10-4/h10H,5-7H2,1-4H3,(H,11,12). The number of likely N-dealkylation sites (N-methyl/N-ethyl adjacent to an activating group) is 1. The summed E-state index contributed by atoms with van der Waals surface area (Å²) in [5, 5.41) is 5.58. The lowest BCUT2D eigenvalue weighted by Gasteiger charge is -2.18. The summed E-state index contributed by atoms with van der Waals surface area (Å²) in [4.78, 5) is 11.0. The molecule has 0 bridgehead atoms. The van der Waals surface area contributed by atoms with E-state index in [2.05, 4.69) is 31.4 Å². The molecule has 0 spiro atoms. The van der Waals surface area contributed by atoms with E-state index in [0.29, 0.717) is 19.7 Å². The molecular formula is C9H20N2O2. The molecule has 0 aliphatic heterocycles. The Balaban J connectivity index is 3.41. The molecule has 0 saturated carbocycles. The van der Waals surface area contributed by atoms with Crippen LogP contribution in [0.1, 0.15) is 20.8 Å². The first kappa shape index (κ1) is 12.2. The average molecular weight is 188 g/mol. The van der Waals surface area contributed by atoms with Gasteiger partial charge in [0.1, 0.15) is 6.61 Å². The first-order chi connectivity index (χ1) is 5.95. The van der Waals surface area contributed by atoms with Gasteiger partial charge in [-0.3, -0.25) is 0 Å². The van der Waals surface area contributed by atoms with Gasteiger partial charge < -0.3 is 15.4 Å². The number of ether oxygens (including phenoxy) is 1. The molecule has 0 saturated heterocycles. The summed E-state index contributed by atoms with van der Waals surface area (Å²) in [6.07, 6.45) is -0.342. The Bertz CT molecular complexity index is 152. The second-order valence-corrected chi connectivity index (χ2v) is 4.15. The molecule has 0 radical (unpaired) electrons. The molecule has 4 nitrogen and oxygen atoms in total. The molecule has 0 rings (SSSR count). The summed E-state index contributed by atoms with van der Waals surface area (Å²) in [5.74, 6) is 0. The SMILES string of the molecule is CNCCOC(=O)NCC(C)(C)C. The third-order valence-corrected chi connectivity index (χ3v) is 1.35. The van der Waals surface area contributed by atoms with Crippen molar-refractivity contribution < 1.29 is 9.53 Å². The monoisotopic (exact) mass is 188 g/mol. The molecule has 1 amide bonds. The highest BCUT2D eigenvalue weighted by atomic mass is 16.5. The average Bonchev–Trinajstić information content (AvgIpc) is 2.00. The van der Waals surface area contributed by atoms with Crippen LogP contribution in [0.2, 0.25) is 0 Å². The molecule has 0 unspecified atom stereocenters. The van der Waals surface area contributed by atoms with E-state index in [4.69, 9.17) is 4.74 Å². The molecular weight excluding hydrogens is 168 g/mol. The van der Waals surface area contributed by atoms with E-state index in [9.17, 15) is 4.79 Å².